The molecule has 10 heteroatoms. The minimum Gasteiger partial charge on any atom is -0.448 e. The molecule has 158 valence electrons. The van der Waals surface area contributed by atoms with E-state index < -0.39 is 11.2 Å². The van der Waals surface area contributed by atoms with Crippen LogP contribution in [-0.2, 0) is 32.8 Å². The molecule has 0 amide bonds. The molecule has 3 aromatic heterocycles. The number of oxazole rings is 1. The van der Waals surface area contributed by atoms with Crippen molar-refractivity contribution in [1.29, 1.82) is 5.26 Å². The molecule has 0 radical (unpaired) electrons. The molecule has 0 aliphatic carbocycles. The molecule has 31 heavy (non-hydrogen) atoms. The van der Waals surface area contributed by atoms with Gasteiger partial charge in [-0.3, -0.25) is 13.9 Å². The van der Waals surface area contributed by atoms with Gasteiger partial charge >= 0.3 is 5.69 Å². The second-order valence-electron chi connectivity index (χ2n) is 7.05. The second kappa shape index (κ2) is 8.28. The van der Waals surface area contributed by atoms with E-state index in [2.05, 4.69) is 16.0 Å². The normalized spacial score (nSPS) is 11.2. The minimum atomic E-state index is -0.439. The Morgan fingerprint density at radius 2 is 2.00 bits per heavy atom. The van der Waals surface area contributed by atoms with Crippen LogP contribution in [0, 0.1) is 11.3 Å². The first-order valence-electron chi connectivity index (χ1n) is 9.64. The van der Waals surface area contributed by atoms with Gasteiger partial charge in [-0.15, -0.1) is 0 Å². The van der Waals surface area contributed by atoms with Gasteiger partial charge in [0.25, 0.3) is 5.56 Å². The summed E-state index contributed by atoms with van der Waals surface area (Å²) in [5.74, 6) is 0.990. The quantitative estimate of drug-likeness (QED) is 0.426. The Labute approximate surface area is 181 Å². The van der Waals surface area contributed by atoms with Crippen molar-refractivity contribution in [3.05, 3.63) is 74.1 Å². The van der Waals surface area contributed by atoms with E-state index in [0.29, 0.717) is 40.1 Å². The first-order valence-corrected chi connectivity index (χ1v) is 10.6. The van der Waals surface area contributed by atoms with Gasteiger partial charge < -0.3 is 8.98 Å². The highest BCUT2D eigenvalue weighted by Crippen LogP contribution is 2.26. The predicted octanol–water partition coefficient (Wildman–Crippen LogP) is 2.20. The summed E-state index contributed by atoms with van der Waals surface area (Å²) in [6.45, 7) is 2.33. The van der Waals surface area contributed by atoms with Gasteiger partial charge in [-0.1, -0.05) is 30.8 Å². The lowest BCUT2D eigenvalue weighted by molar-refractivity contribution is 0.516. The summed E-state index contributed by atoms with van der Waals surface area (Å²) in [4.78, 5) is 34.4. The van der Waals surface area contributed by atoms with E-state index in [4.69, 9.17) is 4.42 Å². The minimum absolute atomic E-state index is 0.314. The van der Waals surface area contributed by atoms with Gasteiger partial charge in [-0.25, -0.2) is 14.8 Å². The highest BCUT2D eigenvalue weighted by Gasteiger charge is 2.20. The molecule has 0 fully saturated rings. The summed E-state index contributed by atoms with van der Waals surface area (Å²) in [5.41, 5.74) is 2.03. The van der Waals surface area contributed by atoms with Crippen molar-refractivity contribution in [3.8, 4) is 6.07 Å². The van der Waals surface area contributed by atoms with Crippen molar-refractivity contribution >= 4 is 22.9 Å². The van der Waals surface area contributed by atoms with Gasteiger partial charge in [0.2, 0.25) is 5.89 Å². The molecule has 0 bridgehead atoms. The molecule has 0 saturated heterocycles. The van der Waals surface area contributed by atoms with Crippen LogP contribution in [0.4, 0.5) is 0 Å². The van der Waals surface area contributed by atoms with E-state index >= 15 is 0 Å². The number of hydrogen-bond donors (Lipinski definition) is 0. The molecule has 0 unspecified atom stereocenters. The highest BCUT2D eigenvalue weighted by atomic mass is 32.2. The zero-order valence-electron chi connectivity index (χ0n) is 17.3. The Kier molecular flexibility index (Phi) is 5.52. The van der Waals surface area contributed by atoms with Crippen LogP contribution < -0.4 is 11.2 Å². The van der Waals surface area contributed by atoms with Crippen molar-refractivity contribution in [2.24, 2.45) is 14.1 Å². The van der Waals surface area contributed by atoms with Crippen LogP contribution in [0.15, 0.2) is 49.7 Å². The number of imidazole rings is 1. The Morgan fingerprint density at radius 3 is 2.71 bits per heavy atom. The van der Waals surface area contributed by atoms with E-state index in [9.17, 15) is 14.9 Å². The first-order chi connectivity index (χ1) is 14.9. The molecule has 0 atom stereocenters. The predicted molar refractivity (Wildman–Crippen MR) is 116 cm³/mol. The first kappa shape index (κ1) is 20.7. The fourth-order valence-electron chi connectivity index (χ4n) is 3.31. The number of benzene rings is 1. The molecule has 4 rings (SSSR count). The molecule has 0 spiro atoms. The monoisotopic (exact) mass is 436 g/mol. The van der Waals surface area contributed by atoms with E-state index in [1.807, 2.05) is 13.0 Å². The van der Waals surface area contributed by atoms with Crippen LogP contribution in [0.2, 0.25) is 0 Å². The SMILES string of the molecule is CCc1coc(CSc2nc3c(c(=O)n(C)c(=O)n3C)n2Cc2cccc(C#N)c2)n1. The lowest BCUT2D eigenvalue weighted by atomic mass is 10.1. The molecular weight excluding hydrogens is 416 g/mol. The number of rotatable bonds is 6. The zero-order chi connectivity index (χ0) is 22.1. The number of hydrogen-bond acceptors (Lipinski definition) is 7. The smallest absolute Gasteiger partial charge is 0.332 e. The Bertz CT molecular complexity index is 1440. The van der Waals surface area contributed by atoms with Gasteiger partial charge in [0.05, 0.1) is 29.6 Å². The van der Waals surface area contributed by atoms with Gasteiger partial charge in [0, 0.05) is 14.1 Å². The molecular formula is C21H20N6O3S. The number of fused-ring (bicyclic) bond motifs is 1. The number of thioether (sulfide) groups is 1. The summed E-state index contributed by atoms with van der Waals surface area (Å²) in [6.07, 6.45) is 2.41. The molecule has 0 N–H and O–H groups in total. The maximum absolute atomic E-state index is 13.0. The summed E-state index contributed by atoms with van der Waals surface area (Å²) >= 11 is 1.38. The van der Waals surface area contributed by atoms with Crippen LogP contribution in [0.25, 0.3) is 11.2 Å². The van der Waals surface area contributed by atoms with Crippen LogP contribution in [0.1, 0.15) is 29.6 Å². The fourth-order valence-corrected chi connectivity index (χ4v) is 4.16. The number of aromatic nitrogens is 5. The van der Waals surface area contributed by atoms with Crippen molar-refractivity contribution in [3.63, 3.8) is 0 Å². The summed E-state index contributed by atoms with van der Waals surface area (Å²) in [5, 5.41) is 9.77. The van der Waals surface area contributed by atoms with Gasteiger partial charge in [0.15, 0.2) is 16.3 Å². The Hall–Kier alpha value is -3.58. The van der Waals surface area contributed by atoms with Crippen molar-refractivity contribution < 1.29 is 4.42 Å². The summed E-state index contributed by atoms with van der Waals surface area (Å²) in [7, 11) is 3.04. The lowest BCUT2D eigenvalue weighted by Crippen LogP contribution is -2.37. The Balaban J connectivity index is 1.83. The average Bonchev–Trinajstić information content (AvgIpc) is 3.39. The van der Waals surface area contributed by atoms with Crippen molar-refractivity contribution in [2.75, 3.05) is 0 Å². The average molecular weight is 436 g/mol. The van der Waals surface area contributed by atoms with Crippen molar-refractivity contribution in [1.82, 2.24) is 23.7 Å². The van der Waals surface area contributed by atoms with E-state index in [1.165, 1.54) is 23.4 Å². The number of nitrogens with zero attached hydrogens (tertiary/aromatic N) is 6. The maximum atomic E-state index is 13.0. The standard InChI is InChI=1S/C21H20N6O3S/c1-4-15-11-30-16(23-15)12-31-20-24-18-17(19(28)26(3)21(29)25(18)2)27(20)10-14-7-5-6-13(8-14)9-22/h5-8,11H,4,10,12H2,1-3H3. The van der Waals surface area contributed by atoms with Crippen LogP contribution in [0.3, 0.4) is 0 Å². The van der Waals surface area contributed by atoms with Gasteiger partial charge in [0.1, 0.15) is 6.26 Å². The topological polar surface area (TPSA) is 112 Å². The third-order valence-electron chi connectivity index (χ3n) is 5.00. The summed E-state index contributed by atoms with van der Waals surface area (Å²) < 4.78 is 9.72. The molecule has 3 heterocycles. The van der Waals surface area contributed by atoms with Gasteiger partial charge in [-0.2, -0.15) is 5.26 Å². The second-order valence-corrected chi connectivity index (χ2v) is 7.99. The third-order valence-corrected chi connectivity index (χ3v) is 5.96. The molecule has 9 nitrogen and oxygen atoms in total. The van der Waals surface area contributed by atoms with E-state index in [0.717, 1.165) is 22.2 Å². The van der Waals surface area contributed by atoms with Crippen LogP contribution in [-0.4, -0.2) is 23.7 Å². The summed E-state index contributed by atoms with van der Waals surface area (Å²) in [6, 6.07) is 9.31. The van der Waals surface area contributed by atoms with Crippen LogP contribution >= 0.6 is 11.8 Å². The number of nitriles is 1. The number of aryl methyl sites for hydroxylation is 2. The fraction of sp³-hybridized carbons (Fsp3) is 0.286. The largest absolute Gasteiger partial charge is 0.448 e. The molecule has 1 aromatic carbocycles. The van der Waals surface area contributed by atoms with E-state index in [1.54, 1.807) is 36.1 Å². The zero-order valence-corrected chi connectivity index (χ0v) is 18.1. The molecule has 0 saturated carbocycles. The van der Waals surface area contributed by atoms with E-state index in [-0.39, 0.29) is 0 Å². The molecule has 0 aliphatic heterocycles. The maximum Gasteiger partial charge on any atom is 0.332 e. The van der Waals surface area contributed by atoms with Gasteiger partial charge in [-0.05, 0) is 24.1 Å². The van der Waals surface area contributed by atoms with Crippen molar-refractivity contribution in [2.45, 2.75) is 30.8 Å². The third kappa shape index (κ3) is 3.80. The Morgan fingerprint density at radius 1 is 1.19 bits per heavy atom. The highest BCUT2D eigenvalue weighted by molar-refractivity contribution is 7.98. The molecule has 4 aromatic rings. The lowest BCUT2D eigenvalue weighted by Gasteiger charge is -2.09. The van der Waals surface area contributed by atoms with Crippen LogP contribution in [0.5, 0.6) is 0 Å². The molecule has 0 aliphatic rings.